The number of hydrogen-bond donors (Lipinski definition) is 1. The Labute approximate surface area is 87.7 Å². The molecule has 1 aliphatic heterocycles. The number of carbonyl (C=O) groups excluding carboxylic acids is 1. The Hall–Kier alpha value is -1.11. The average Bonchev–Trinajstić information content (AvgIpc) is 2.44. The Kier molecular flexibility index (Phi) is 2.77. The van der Waals surface area contributed by atoms with Crippen molar-refractivity contribution in [2.24, 2.45) is 0 Å². The molecule has 4 nitrogen and oxygen atoms in total. The third-order valence-electron chi connectivity index (χ3n) is 1.73. The number of ether oxygens (including phenoxy) is 1. The van der Waals surface area contributed by atoms with Gasteiger partial charge in [-0.15, -0.1) is 0 Å². The van der Waals surface area contributed by atoms with Crippen LogP contribution >= 0.6 is 11.6 Å². The molecular formula is C7H6ClF3NO3-. The lowest BCUT2D eigenvalue weighted by Gasteiger charge is -2.21. The smallest absolute Gasteiger partial charge is 0.434 e. The molecule has 1 heterocycles. The summed E-state index contributed by atoms with van der Waals surface area (Å²) in [6.45, 7) is 1.44. The molecule has 0 aliphatic carbocycles. The van der Waals surface area contributed by atoms with E-state index >= 15 is 0 Å². The van der Waals surface area contributed by atoms with Gasteiger partial charge in [0.05, 0.1) is 0 Å². The zero-order chi connectivity index (χ0) is 11.9. The Morgan fingerprint density at radius 2 is 2.20 bits per heavy atom. The topological polar surface area (TPSA) is 61.4 Å². The van der Waals surface area contributed by atoms with Crippen molar-refractivity contribution in [1.82, 2.24) is 5.32 Å². The van der Waals surface area contributed by atoms with E-state index in [0.717, 1.165) is 0 Å². The van der Waals surface area contributed by atoms with Crippen molar-refractivity contribution in [3.8, 4) is 0 Å². The molecule has 0 bridgehead atoms. The molecule has 1 unspecified atom stereocenters. The molecule has 1 N–H and O–H groups in total. The SMILES string of the molecule is CCC1(Cl)NC(C(F)(F)F)=C(C(=O)[O-])O1. The number of halogens is 4. The molecule has 1 atom stereocenters. The lowest BCUT2D eigenvalue weighted by atomic mass is 10.3. The van der Waals surface area contributed by atoms with Crippen molar-refractivity contribution in [2.75, 3.05) is 0 Å². The van der Waals surface area contributed by atoms with Crippen LogP contribution in [-0.2, 0) is 9.53 Å². The Balaban J connectivity index is 3.08. The average molecular weight is 245 g/mol. The number of hydrogen-bond acceptors (Lipinski definition) is 4. The first-order chi connectivity index (χ1) is 6.69. The van der Waals surface area contributed by atoms with Crippen molar-refractivity contribution in [1.29, 1.82) is 0 Å². The minimum absolute atomic E-state index is 0.0507. The van der Waals surface area contributed by atoms with E-state index in [9.17, 15) is 23.1 Å². The number of carboxylic acids is 1. The molecule has 1 rings (SSSR count). The molecule has 0 saturated carbocycles. The van der Waals surface area contributed by atoms with Gasteiger partial charge >= 0.3 is 6.18 Å². The van der Waals surface area contributed by atoms with Crippen LogP contribution in [0.3, 0.4) is 0 Å². The summed E-state index contributed by atoms with van der Waals surface area (Å²) in [5, 5.41) is 10.3. The number of allylic oxidation sites excluding steroid dienone is 1. The van der Waals surface area contributed by atoms with E-state index in [4.69, 9.17) is 11.6 Å². The van der Waals surface area contributed by atoms with Crippen LogP contribution in [0.2, 0.25) is 0 Å². The van der Waals surface area contributed by atoms with Crippen molar-refractivity contribution < 1.29 is 27.8 Å². The lowest BCUT2D eigenvalue weighted by molar-refractivity contribution is -0.304. The van der Waals surface area contributed by atoms with E-state index in [0.29, 0.717) is 0 Å². The minimum atomic E-state index is -4.87. The molecule has 0 aromatic rings. The summed E-state index contributed by atoms with van der Waals surface area (Å²) in [5.41, 5.74) is -1.53. The van der Waals surface area contributed by atoms with E-state index in [1.807, 2.05) is 0 Å². The molecule has 86 valence electrons. The quantitative estimate of drug-likeness (QED) is 0.565. The van der Waals surface area contributed by atoms with Gasteiger partial charge in [0.15, 0.2) is 11.5 Å². The highest BCUT2D eigenvalue weighted by Crippen LogP contribution is 2.37. The van der Waals surface area contributed by atoms with Gasteiger partial charge in [-0.2, -0.15) is 13.2 Å². The molecule has 0 spiro atoms. The van der Waals surface area contributed by atoms with Gasteiger partial charge < -0.3 is 20.0 Å². The van der Waals surface area contributed by atoms with Crippen LogP contribution in [-0.4, -0.2) is 17.3 Å². The fourth-order valence-corrected chi connectivity index (χ4v) is 1.16. The van der Waals surface area contributed by atoms with E-state index in [1.54, 1.807) is 5.32 Å². The van der Waals surface area contributed by atoms with Crippen LogP contribution in [0.4, 0.5) is 13.2 Å². The van der Waals surface area contributed by atoms with Gasteiger partial charge in [-0.25, -0.2) is 0 Å². The number of aliphatic carboxylic acids is 1. The summed E-state index contributed by atoms with van der Waals surface area (Å²) in [5.74, 6) is -3.38. The van der Waals surface area contributed by atoms with Crippen molar-refractivity contribution in [2.45, 2.75) is 24.7 Å². The molecule has 8 heteroatoms. The molecule has 0 aromatic carbocycles. The number of nitrogens with one attached hydrogen (secondary N) is 1. The fourth-order valence-electron chi connectivity index (χ4n) is 0.986. The third kappa shape index (κ3) is 2.28. The molecule has 15 heavy (non-hydrogen) atoms. The largest absolute Gasteiger partial charge is 0.541 e. The van der Waals surface area contributed by atoms with Crippen LogP contribution in [0, 0.1) is 0 Å². The van der Waals surface area contributed by atoms with Crippen molar-refractivity contribution in [3.05, 3.63) is 11.5 Å². The summed E-state index contributed by atoms with van der Waals surface area (Å²) in [4.78, 5) is 10.4. The summed E-state index contributed by atoms with van der Waals surface area (Å²) in [6, 6.07) is 0. The molecule has 0 aromatic heterocycles. The van der Waals surface area contributed by atoms with Crippen molar-refractivity contribution in [3.63, 3.8) is 0 Å². The highest BCUT2D eigenvalue weighted by Gasteiger charge is 2.48. The first kappa shape index (κ1) is 12.0. The van der Waals surface area contributed by atoms with Gasteiger partial charge in [-0.1, -0.05) is 18.5 Å². The monoisotopic (exact) mass is 244 g/mol. The first-order valence-electron chi connectivity index (χ1n) is 3.88. The molecule has 0 amide bonds. The summed E-state index contributed by atoms with van der Waals surface area (Å²) >= 11 is 5.53. The van der Waals surface area contributed by atoms with E-state index in [-0.39, 0.29) is 6.42 Å². The third-order valence-corrected chi connectivity index (χ3v) is 2.17. The van der Waals surface area contributed by atoms with Gasteiger partial charge in [-0.05, 0) is 0 Å². The second-order valence-corrected chi connectivity index (χ2v) is 3.41. The number of carbonyl (C=O) groups is 1. The highest BCUT2D eigenvalue weighted by atomic mass is 35.5. The predicted molar refractivity (Wildman–Crippen MR) is 41.2 cm³/mol. The zero-order valence-electron chi connectivity index (χ0n) is 7.44. The number of rotatable bonds is 2. The first-order valence-corrected chi connectivity index (χ1v) is 4.26. The summed E-state index contributed by atoms with van der Waals surface area (Å²) in [6.07, 6.45) is -4.92. The fraction of sp³-hybridized carbons (Fsp3) is 0.571. The molecule has 1 aliphatic rings. The van der Waals surface area contributed by atoms with Gasteiger partial charge in [-0.3, -0.25) is 0 Å². The normalized spacial score (nSPS) is 26.2. The molecule has 0 radical (unpaired) electrons. The van der Waals surface area contributed by atoms with E-state index in [1.165, 1.54) is 6.92 Å². The molecular weight excluding hydrogens is 239 g/mol. The van der Waals surface area contributed by atoms with Gasteiger partial charge in [0, 0.05) is 6.42 Å². The predicted octanol–water partition coefficient (Wildman–Crippen LogP) is 0.433. The van der Waals surface area contributed by atoms with Crippen LogP contribution in [0.5, 0.6) is 0 Å². The van der Waals surface area contributed by atoms with Gasteiger partial charge in [0.1, 0.15) is 5.97 Å². The Bertz CT molecular complexity index is 328. The maximum absolute atomic E-state index is 12.3. The highest BCUT2D eigenvalue weighted by molar-refractivity contribution is 6.23. The van der Waals surface area contributed by atoms with Crippen LogP contribution < -0.4 is 10.4 Å². The number of carboxylic acid groups (broad SMARTS) is 1. The summed E-state index contributed by atoms with van der Waals surface area (Å²) < 4.78 is 41.4. The Morgan fingerprint density at radius 1 is 1.67 bits per heavy atom. The van der Waals surface area contributed by atoms with E-state index in [2.05, 4.69) is 4.74 Å². The van der Waals surface area contributed by atoms with Gasteiger partial charge in [0.2, 0.25) is 0 Å². The molecule has 0 saturated heterocycles. The Morgan fingerprint density at radius 3 is 2.47 bits per heavy atom. The van der Waals surface area contributed by atoms with Crippen LogP contribution in [0.1, 0.15) is 13.3 Å². The van der Waals surface area contributed by atoms with Gasteiger partial charge in [0.25, 0.3) is 5.18 Å². The number of alkyl halides is 4. The minimum Gasteiger partial charge on any atom is -0.541 e. The maximum atomic E-state index is 12.3. The second kappa shape index (κ2) is 3.48. The second-order valence-electron chi connectivity index (χ2n) is 2.80. The molecule has 0 fully saturated rings. The van der Waals surface area contributed by atoms with Crippen LogP contribution in [0.15, 0.2) is 11.5 Å². The van der Waals surface area contributed by atoms with Crippen LogP contribution in [0.25, 0.3) is 0 Å². The van der Waals surface area contributed by atoms with E-state index < -0.39 is 28.8 Å². The maximum Gasteiger partial charge on any atom is 0.434 e. The van der Waals surface area contributed by atoms with Crippen molar-refractivity contribution >= 4 is 17.6 Å². The standard InChI is InChI=1S/C7H7ClF3NO3/c1-2-6(8)12-4(7(9,10)11)3(15-6)5(13)14/h12H,2H2,1H3,(H,13,14)/p-1. The zero-order valence-corrected chi connectivity index (χ0v) is 8.20. The lowest BCUT2D eigenvalue weighted by Crippen LogP contribution is -2.38. The summed E-state index contributed by atoms with van der Waals surface area (Å²) in [7, 11) is 0.